The second-order valence-electron chi connectivity index (χ2n) is 5.15. The summed E-state index contributed by atoms with van der Waals surface area (Å²) in [6.07, 6.45) is 4.18. The van der Waals surface area contributed by atoms with Crippen LogP contribution in [0.3, 0.4) is 0 Å². The smallest absolute Gasteiger partial charge is 0.353 e. The van der Waals surface area contributed by atoms with E-state index in [0.29, 0.717) is 18.1 Å². The summed E-state index contributed by atoms with van der Waals surface area (Å²) in [5, 5.41) is 18.7. The van der Waals surface area contributed by atoms with Crippen molar-refractivity contribution in [1.82, 2.24) is 15.1 Å². The van der Waals surface area contributed by atoms with E-state index in [-0.39, 0.29) is 17.8 Å². The molecule has 1 aromatic heterocycles. The zero-order valence-corrected chi connectivity index (χ0v) is 12.3. The molecule has 7 heteroatoms. The number of hydrogen-bond donors (Lipinski definition) is 1. The maximum Gasteiger partial charge on any atom is 0.353 e. The lowest BCUT2D eigenvalue weighted by Gasteiger charge is -2.31. The van der Waals surface area contributed by atoms with Crippen molar-refractivity contribution >= 4 is 5.69 Å². The van der Waals surface area contributed by atoms with Gasteiger partial charge in [0, 0.05) is 12.6 Å². The molecular weight excluding hydrogens is 260 g/mol. The molecule has 0 bridgehead atoms. The molecule has 2 unspecified atom stereocenters. The summed E-state index contributed by atoms with van der Waals surface area (Å²) in [6.45, 7) is 4.11. The maximum atomic E-state index is 11.2. The van der Waals surface area contributed by atoms with Crippen molar-refractivity contribution in [2.45, 2.75) is 58.2 Å². The minimum Gasteiger partial charge on any atom is -0.468 e. The Labute approximate surface area is 118 Å². The van der Waals surface area contributed by atoms with E-state index in [4.69, 9.17) is 4.74 Å². The lowest BCUT2D eigenvalue weighted by molar-refractivity contribution is -0.386. The molecule has 1 saturated carbocycles. The van der Waals surface area contributed by atoms with Gasteiger partial charge in [-0.15, -0.1) is 0 Å². The Hall–Kier alpha value is -1.63. The molecule has 1 aliphatic carbocycles. The van der Waals surface area contributed by atoms with Crippen LogP contribution in [0.1, 0.15) is 38.3 Å². The molecule has 0 aliphatic heterocycles. The summed E-state index contributed by atoms with van der Waals surface area (Å²) in [6, 6.07) is 0.240. The number of nitrogens with one attached hydrogen (secondary N) is 1. The fraction of sp³-hybridized carbons (Fsp3) is 0.769. The summed E-state index contributed by atoms with van der Waals surface area (Å²) >= 11 is 0. The highest BCUT2D eigenvalue weighted by molar-refractivity contribution is 5.45. The average Bonchev–Trinajstić information content (AvgIpc) is 2.75. The van der Waals surface area contributed by atoms with Crippen LogP contribution >= 0.6 is 0 Å². The van der Waals surface area contributed by atoms with Gasteiger partial charge in [-0.3, -0.25) is 10.1 Å². The number of hydrogen-bond acceptors (Lipinski definition) is 5. The highest BCUT2D eigenvalue weighted by Crippen LogP contribution is 2.33. The lowest BCUT2D eigenvalue weighted by Crippen LogP contribution is -2.43. The minimum atomic E-state index is -0.402. The van der Waals surface area contributed by atoms with Crippen LogP contribution in [0.25, 0.3) is 0 Å². The Morgan fingerprint density at radius 3 is 2.80 bits per heavy atom. The van der Waals surface area contributed by atoms with Gasteiger partial charge in [0.05, 0.1) is 4.92 Å². The molecule has 1 aliphatic rings. The molecule has 112 valence electrons. The van der Waals surface area contributed by atoms with Gasteiger partial charge in [0.2, 0.25) is 0 Å². The van der Waals surface area contributed by atoms with Gasteiger partial charge in [0.25, 0.3) is 5.88 Å². The van der Waals surface area contributed by atoms with Gasteiger partial charge in [-0.1, -0.05) is 6.42 Å². The number of likely N-dealkylation sites (N-methyl/N-ethyl adjacent to an activating group) is 1. The van der Waals surface area contributed by atoms with Gasteiger partial charge < -0.3 is 10.1 Å². The number of nitro groups is 1. The van der Waals surface area contributed by atoms with Crippen LogP contribution in [0.2, 0.25) is 0 Å². The number of aromatic nitrogens is 2. The van der Waals surface area contributed by atoms with E-state index >= 15 is 0 Å². The second kappa shape index (κ2) is 6.21. The van der Waals surface area contributed by atoms with Crippen LogP contribution in [-0.4, -0.2) is 33.9 Å². The van der Waals surface area contributed by atoms with Crippen molar-refractivity contribution in [3.05, 3.63) is 15.8 Å². The van der Waals surface area contributed by atoms with Crippen molar-refractivity contribution in [2.75, 3.05) is 7.05 Å². The molecule has 2 rings (SSSR count). The molecule has 1 fully saturated rings. The average molecular weight is 282 g/mol. The van der Waals surface area contributed by atoms with Crippen LogP contribution in [-0.2, 0) is 6.54 Å². The van der Waals surface area contributed by atoms with Gasteiger partial charge >= 0.3 is 5.69 Å². The normalized spacial score (nSPS) is 22.8. The van der Waals surface area contributed by atoms with Gasteiger partial charge in [-0.25, -0.2) is 4.68 Å². The standard InChI is InChI=1S/C13H22N4O3/c1-4-16-13(12(17(18)19)9(2)15-16)20-11-8-6-5-7-10(11)14-3/h10-11,14H,4-8H2,1-3H3. The predicted molar refractivity (Wildman–Crippen MR) is 75.0 cm³/mol. The molecule has 1 heterocycles. The molecule has 0 saturated heterocycles. The maximum absolute atomic E-state index is 11.2. The quantitative estimate of drug-likeness (QED) is 0.660. The number of nitrogens with zero attached hydrogens (tertiary/aromatic N) is 3. The van der Waals surface area contributed by atoms with E-state index in [1.807, 2.05) is 14.0 Å². The Bertz CT molecular complexity index is 486. The Morgan fingerprint density at radius 1 is 1.50 bits per heavy atom. The van der Waals surface area contributed by atoms with Crippen LogP contribution < -0.4 is 10.1 Å². The van der Waals surface area contributed by atoms with E-state index in [9.17, 15) is 10.1 Å². The summed E-state index contributed by atoms with van der Waals surface area (Å²) in [5.41, 5.74) is 0.399. The summed E-state index contributed by atoms with van der Waals surface area (Å²) in [4.78, 5) is 10.8. The molecule has 0 aromatic carbocycles. The lowest BCUT2D eigenvalue weighted by atomic mass is 9.92. The van der Waals surface area contributed by atoms with Gasteiger partial charge in [-0.2, -0.15) is 5.10 Å². The van der Waals surface area contributed by atoms with Crippen LogP contribution in [0.5, 0.6) is 5.88 Å². The second-order valence-corrected chi connectivity index (χ2v) is 5.15. The van der Waals surface area contributed by atoms with E-state index in [0.717, 1.165) is 19.3 Å². The van der Waals surface area contributed by atoms with Crippen molar-refractivity contribution in [3.63, 3.8) is 0 Å². The van der Waals surface area contributed by atoms with Gasteiger partial charge in [-0.05, 0) is 40.2 Å². The molecule has 0 radical (unpaired) electrons. The molecule has 2 atom stereocenters. The Balaban J connectivity index is 2.29. The highest BCUT2D eigenvalue weighted by Gasteiger charge is 2.32. The molecule has 1 aromatic rings. The van der Waals surface area contributed by atoms with Crippen molar-refractivity contribution in [2.24, 2.45) is 0 Å². The Kier molecular flexibility index (Phi) is 4.59. The Morgan fingerprint density at radius 2 is 2.20 bits per heavy atom. The third-order valence-corrected chi connectivity index (χ3v) is 3.87. The van der Waals surface area contributed by atoms with Crippen molar-refractivity contribution in [1.29, 1.82) is 0 Å². The predicted octanol–water partition coefficient (Wildman–Crippen LogP) is 2.03. The summed E-state index contributed by atoms with van der Waals surface area (Å²) in [5.74, 6) is 0.294. The molecule has 1 N–H and O–H groups in total. The molecule has 7 nitrogen and oxygen atoms in total. The topological polar surface area (TPSA) is 82.2 Å². The zero-order chi connectivity index (χ0) is 14.7. The first-order valence-electron chi connectivity index (χ1n) is 7.14. The fourth-order valence-corrected chi connectivity index (χ4v) is 2.80. The number of rotatable bonds is 5. The van der Waals surface area contributed by atoms with Gasteiger partial charge in [0.1, 0.15) is 11.8 Å². The van der Waals surface area contributed by atoms with Crippen LogP contribution in [0, 0.1) is 17.0 Å². The monoisotopic (exact) mass is 282 g/mol. The van der Waals surface area contributed by atoms with Crippen molar-refractivity contribution < 1.29 is 9.66 Å². The largest absolute Gasteiger partial charge is 0.468 e. The molecule has 0 spiro atoms. The summed E-state index contributed by atoms with van der Waals surface area (Å²) in [7, 11) is 1.91. The first kappa shape index (κ1) is 14.8. The fourth-order valence-electron chi connectivity index (χ4n) is 2.80. The van der Waals surface area contributed by atoms with Crippen LogP contribution in [0.4, 0.5) is 5.69 Å². The first-order valence-corrected chi connectivity index (χ1v) is 7.14. The zero-order valence-electron chi connectivity index (χ0n) is 12.3. The first-order chi connectivity index (χ1) is 9.58. The van der Waals surface area contributed by atoms with E-state index in [1.165, 1.54) is 6.42 Å². The number of aryl methyl sites for hydroxylation is 2. The van der Waals surface area contributed by atoms with E-state index < -0.39 is 4.92 Å². The van der Waals surface area contributed by atoms with Crippen molar-refractivity contribution in [3.8, 4) is 5.88 Å². The van der Waals surface area contributed by atoms with Crippen LogP contribution in [0.15, 0.2) is 0 Å². The molecular formula is C13H22N4O3. The molecule has 0 amide bonds. The third kappa shape index (κ3) is 2.77. The third-order valence-electron chi connectivity index (χ3n) is 3.87. The highest BCUT2D eigenvalue weighted by atomic mass is 16.6. The molecule has 20 heavy (non-hydrogen) atoms. The van der Waals surface area contributed by atoms with E-state index in [1.54, 1.807) is 11.6 Å². The summed E-state index contributed by atoms with van der Waals surface area (Å²) < 4.78 is 7.57. The van der Waals surface area contributed by atoms with Gasteiger partial charge in [0.15, 0.2) is 0 Å². The SMILES string of the molecule is CCn1nc(C)c([N+](=O)[O-])c1OC1CCCCC1NC. The number of ether oxygens (including phenoxy) is 1. The minimum absolute atomic E-state index is 0.00715. The van der Waals surface area contributed by atoms with E-state index in [2.05, 4.69) is 10.4 Å².